The normalized spacial score (nSPS) is 10.3. The highest BCUT2D eigenvalue weighted by atomic mass is 16.5. The van der Waals surface area contributed by atoms with E-state index >= 15 is 0 Å². The summed E-state index contributed by atoms with van der Waals surface area (Å²) >= 11 is 0. The molecule has 1 amide bonds. The summed E-state index contributed by atoms with van der Waals surface area (Å²) in [5, 5.41) is 2.72. The van der Waals surface area contributed by atoms with E-state index in [0.717, 1.165) is 0 Å². The van der Waals surface area contributed by atoms with E-state index in [0.29, 0.717) is 17.2 Å². The first-order valence-corrected chi connectivity index (χ1v) is 5.69. The molecule has 0 saturated carbocycles. The van der Waals surface area contributed by atoms with E-state index in [1.807, 2.05) is 13.8 Å². The van der Waals surface area contributed by atoms with Crippen LogP contribution in [-0.2, 0) is 9.53 Å². The van der Waals surface area contributed by atoms with Crippen molar-refractivity contribution >= 4 is 11.6 Å². The van der Waals surface area contributed by atoms with Gasteiger partial charge in [-0.3, -0.25) is 4.79 Å². The van der Waals surface area contributed by atoms with E-state index in [1.165, 1.54) is 0 Å². The Hall–Kier alpha value is -1.75. The van der Waals surface area contributed by atoms with Crippen LogP contribution in [0.25, 0.3) is 0 Å². The van der Waals surface area contributed by atoms with Crippen molar-refractivity contribution in [2.45, 2.75) is 20.0 Å². The summed E-state index contributed by atoms with van der Waals surface area (Å²) < 4.78 is 15.4. The van der Waals surface area contributed by atoms with Crippen molar-refractivity contribution in [3.05, 3.63) is 18.2 Å². The van der Waals surface area contributed by atoms with Crippen LogP contribution in [0.15, 0.2) is 18.2 Å². The van der Waals surface area contributed by atoms with E-state index < -0.39 is 0 Å². The van der Waals surface area contributed by atoms with Crippen molar-refractivity contribution < 1.29 is 19.0 Å². The highest BCUT2D eigenvalue weighted by molar-refractivity contribution is 5.92. The number of hydrogen-bond acceptors (Lipinski definition) is 4. The molecule has 0 fully saturated rings. The molecule has 0 bridgehead atoms. The molecule has 0 aliphatic rings. The van der Waals surface area contributed by atoms with Gasteiger partial charge in [-0.05, 0) is 13.8 Å². The maximum atomic E-state index is 11.6. The lowest BCUT2D eigenvalue weighted by molar-refractivity contribution is -0.121. The predicted octanol–water partition coefficient (Wildman–Crippen LogP) is 2.07. The molecule has 0 aliphatic heterocycles. The minimum absolute atomic E-state index is 0.0237. The van der Waals surface area contributed by atoms with Crippen LogP contribution in [0.4, 0.5) is 5.69 Å². The molecule has 5 nitrogen and oxygen atoms in total. The van der Waals surface area contributed by atoms with Crippen molar-refractivity contribution in [1.82, 2.24) is 0 Å². The number of ether oxygens (including phenoxy) is 3. The van der Waals surface area contributed by atoms with Crippen molar-refractivity contribution in [3.63, 3.8) is 0 Å². The van der Waals surface area contributed by atoms with Gasteiger partial charge in [0.2, 0.25) is 5.91 Å². The average Bonchev–Trinajstić information content (AvgIpc) is 2.35. The molecule has 0 spiro atoms. The number of rotatable bonds is 6. The van der Waals surface area contributed by atoms with Gasteiger partial charge in [0.15, 0.2) is 0 Å². The van der Waals surface area contributed by atoms with Gasteiger partial charge >= 0.3 is 0 Å². The number of nitrogens with one attached hydrogen (secondary N) is 1. The first kappa shape index (κ1) is 14.3. The van der Waals surface area contributed by atoms with Crippen LogP contribution in [0.1, 0.15) is 13.8 Å². The van der Waals surface area contributed by atoms with E-state index in [9.17, 15) is 4.79 Å². The summed E-state index contributed by atoms with van der Waals surface area (Å²) in [5.41, 5.74) is 0.614. The van der Waals surface area contributed by atoms with Crippen LogP contribution in [0.2, 0.25) is 0 Å². The molecule has 0 unspecified atom stereocenters. The maximum absolute atomic E-state index is 11.6. The summed E-state index contributed by atoms with van der Waals surface area (Å²) in [6, 6.07) is 5.17. The Balaban J connectivity index is 2.68. The molecule has 0 heterocycles. The van der Waals surface area contributed by atoms with Crippen molar-refractivity contribution in [3.8, 4) is 11.5 Å². The van der Waals surface area contributed by atoms with Gasteiger partial charge in [-0.1, -0.05) is 0 Å². The van der Waals surface area contributed by atoms with E-state index in [1.54, 1.807) is 32.4 Å². The van der Waals surface area contributed by atoms with Crippen LogP contribution in [0.3, 0.4) is 0 Å². The van der Waals surface area contributed by atoms with Gasteiger partial charge in [0.1, 0.15) is 18.1 Å². The van der Waals surface area contributed by atoms with E-state index in [-0.39, 0.29) is 18.6 Å². The highest BCUT2D eigenvalue weighted by Gasteiger charge is 2.07. The van der Waals surface area contributed by atoms with Crippen LogP contribution < -0.4 is 14.8 Å². The Morgan fingerprint density at radius 2 is 1.72 bits per heavy atom. The zero-order valence-electron chi connectivity index (χ0n) is 11.1. The fourth-order valence-electron chi connectivity index (χ4n) is 1.32. The molecule has 1 aromatic rings. The minimum atomic E-state index is -0.209. The molecule has 0 aliphatic carbocycles. The monoisotopic (exact) mass is 253 g/mol. The molecular weight excluding hydrogens is 234 g/mol. The molecule has 0 atom stereocenters. The predicted molar refractivity (Wildman–Crippen MR) is 69.3 cm³/mol. The average molecular weight is 253 g/mol. The number of carbonyl (C=O) groups is 1. The van der Waals surface area contributed by atoms with Gasteiger partial charge < -0.3 is 19.5 Å². The molecular formula is C13H19NO4. The largest absolute Gasteiger partial charge is 0.497 e. The van der Waals surface area contributed by atoms with Crippen LogP contribution in [-0.4, -0.2) is 32.8 Å². The first-order chi connectivity index (χ1) is 8.55. The number of methoxy groups -OCH3 is 2. The Kier molecular flexibility index (Phi) is 5.45. The summed E-state index contributed by atoms with van der Waals surface area (Å²) in [7, 11) is 3.12. The molecule has 0 radical (unpaired) electrons. The summed E-state index contributed by atoms with van der Waals surface area (Å²) in [6.45, 7) is 3.78. The summed E-state index contributed by atoms with van der Waals surface area (Å²) in [5.74, 6) is 1.03. The summed E-state index contributed by atoms with van der Waals surface area (Å²) in [6.07, 6.45) is 0.0237. The second-order valence-corrected chi connectivity index (χ2v) is 4.01. The molecule has 100 valence electrons. The number of hydrogen-bond donors (Lipinski definition) is 1. The van der Waals surface area contributed by atoms with Crippen LogP contribution in [0, 0.1) is 0 Å². The van der Waals surface area contributed by atoms with Gasteiger partial charge in [-0.2, -0.15) is 0 Å². The third-order valence-corrected chi connectivity index (χ3v) is 2.18. The SMILES string of the molecule is COc1cc(NC(=O)COC(C)C)cc(OC)c1. The van der Waals surface area contributed by atoms with Crippen molar-refractivity contribution in [2.24, 2.45) is 0 Å². The number of anilines is 1. The number of amides is 1. The summed E-state index contributed by atoms with van der Waals surface area (Å²) in [4.78, 5) is 11.6. The Morgan fingerprint density at radius 1 is 1.17 bits per heavy atom. The Morgan fingerprint density at radius 3 is 2.17 bits per heavy atom. The molecule has 1 N–H and O–H groups in total. The van der Waals surface area contributed by atoms with Gasteiger partial charge in [0.05, 0.1) is 20.3 Å². The standard InChI is InChI=1S/C13H19NO4/c1-9(2)18-8-13(15)14-10-5-11(16-3)7-12(6-10)17-4/h5-7,9H,8H2,1-4H3,(H,14,15). The Bertz CT molecular complexity index is 382. The molecule has 18 heavy (non-hydrogen) atoms. The van der Waals surface area contributed by atoms with Crippen molar-refractivity contribution in [2.75, 3.05) is 26.1 Å². The Labute approximate surface area is 107 Å². The molecule has 1 rings (SSSR count). The smallest absolute Gasteiger partial charge is 0.250 e. The zero-order valence-corrected chi connectivity index (χ0v) is 11.1. The van der Waals surface area contributed by atoms with Gasteiger partial charge in [0.25, 0.3) is 0 Å². The quantitative estimate of drug-likeness (QED) is 0.843. The van der Waals surface area contributed by atoms with E-state index in [4.69, 9.17) is 14.2 Å². The molecule has 1 aromatic carbocycles. The topological polar surface area (TPSA) is 56.8 Å². The highest BCUT2D eigenvalue weighted by Crippen LogP contribution is 2.25. The van der Waals surface area contributed by atoms with Crippen LogP contribution >= 0.6 is 0 Å². The third kappa shape index (κ3) is 4.63. The molecule has 5 heteroatoms. The second kappa shape index (κ2) is 6.86. The molecule has 0 saturated heterocycles. The fraction of sp³-hybridized carbons (Fsp3) is 0.462. The first-order valence-electron chi connectivity index (χ1n) is 5.69. The number of carbonyl (C=O) groups excluding carboxylic acids is 1. The fourth-order valence-corrected chi connectivity index (χ4v) is 1.32. The molecule has 0 aromatic heterocycles. The second-order valence-electron chi connectivity index (χ2n) is 4.01. The lowest BCUT2D eigenvalue weighted by Crippen LogP contribution is -2.20. The third-order valence-electron chi connectivity index (χ3n) is 2.18. The van der Waals surface area contributed by atoms with Crippen LogP contribution in [0.5, 0.6) is 11.5 Å². The van der Waals surface area contributed by atoms with Gasteiger partial charge in [-0.25, -0.2) is 0 Å². The maximum Gasteiger partial charge on any atom is 0.250 e. The minimum Gasteiger partial charge on any atom is -0.497 e. The van der Waals surface area contributed by atoms with Gasteiger partial charge in [-0.15, -0.1) is 0 Å². The van der Waals surface area contributed by atoms with Crippen molar-refractivity contribution in [1.29, 1.82) is 0 Å². The van der Waals surface area contributed by atoms with Gasteiger partial charge in [0, 0.05) is 23.9 Å². The lowest BCUT2D eigenvalue weighted by Gasteiger charge is -2.11. The zero-order chi connectivity index (χ0) is 13.5. The number of benzene rings is 1. The lowest BCUT2D eigenvalue weighted by atomic mass is 10.2. The van der Waals surface area contributed by atoms with E-state index in [2.05, 4.69) is 5.32 Å².